The Balaban J connectivity index is 2.43. The van der Waals surface area contributed by atoms with Gasteiger partial charge in [-0.1, -0.05) is 12.2 Å². The first kappa shape index (κ1) is 9.98. The molecule has 0 fully saturated rings. The predicted octanol–water partition coefficient (Wildman–Crippen LogP) is 1.57. The number of rotatable bonds is 2. The fourth-order valence-corrected chi connectivity index (χ4v) is 1.45. The van der Waals surface area contributed by atoms with Crippen LogP contribution in [0.3, 0.4) is 0 Å². The Morgan fingerprint density at radius 2 is 2.00 bits per heavy atom. The van der Waals surface area contributed by atoms with Crippen LogP contribution in [0.5, 0.6) is 11.5 Å². The quantitative estimate of drug-likeness (QED) is 0.804. The highest BCUT2D eigenvalue weighted by Gasteiger charge is 2.18. The summed E-state index contributed by atoms with van der Waals surface area (Å²) in [7, 11) is 0. The van der Waals surface area contributed by atoms with E-state index in [2.05, 4.69) is 0 Å². The molecule has 1 aromatic carbocycles. The molecule has 1 aliphatic heterocycles. The van der Waals surface area contributed by atoms with Gasteiger partial charge in [0.25, 0.3) is 0 Å². The number of fused-ring (bicyclic) bond motifs is 1. The van der Waals surface area contributed by atoms with Crippen LogP contribution in [0.15, 0.2) is 18.2 Å². The molecule has 0 radical (unpaired) electrons. The Hall–Kier alpha value is -1.55. The first-order chi connectivity index (χ1) is 7.33. The van der Waals surface area contributed by atoms with Crippen molar-refractivity contribution in [3.8, 4) is 11.5 Å². The first-order valence-corrected chi connectivity index (χ1v) is 4.77. The van der Waals surface area contributed by atoms with E-state index in [9.17, 15) is 4.39 Å². The van der Waals surface area contributed by atoms with Gasteiger partial charge in [-0.3, -0.25) is 0 Å². The standard InChI is InChI=1S/C11H12FNO2/c12-9-4-3-8(2-1-5-13)10-11(9)15-7-6-14-10/h1-4H,5-7,13H2/b2-1+. The van der Waals surface area contributed by atoms with Gasteiger partial charge in [0.1, 0.15) is 13.2 Å². The van der Waals surface area contributed by atoms with Crippen molar-refractivity contribution < 1.29 is 13.9 Å². The van der Waals surface area contributed by atoms with Crippen LogP contribution in [0.1, 0.15) is 5.56 Å². The predicted molar refractivity (Wildman–Crippen MR) is 55.5 cm³/mol. The summed E-state index contributed by atoms with van der Waals surface area (Å²) in [6, 6.07) is 3.01. The molecule has 1 aromatic rings. The Bertz CT molecular complexity index is 390. The zero-order valence-corrected chi connectivity index (χ0v) is 8.20. The third kappa shape index (κ3) is 1.94. The third-order valence-corrected chi connectivity index (χ3v) is 2.10. The minimum atomic E-state index is -0.394. The molecule has 0 bridgehead atoms. The smallest absolute Gasteiger partial charge is 0.197 e. The Kier molecular flexibility index (Phi) is 2.87. The van der Waals surface area contributed by atoms with E-state index < -0.39 is 5.82 Å². The molecule has 3 nitrogen and oxygen atoms in total. The van der Waals surface area contributed by atoms with E-state index in [1.54, 1.807) is 18.2 Å². The van der Waals surface area contributed by atoms with E-state index in [4.69, 9.17) is 15.2 Å². The Morgan fingerprint density at radius 1 is 1.27 bits per heavy atom. The zero-order chi connectivity index (χ0) is 10.7. The van der Waals surface area contributed by atoms with Crippen molar-refractivity contribution in [2.24, 2.45) is 5.73 Å². The molecule has 80 valence electrons. The van der Waals surface area contributed by atoms with Gasteiger partial charge in [-0.15, -0.1) is 0 Å². The van der Waals surface area contributed by atoms with Gasteiger partial charge >= 0.3 is 0 Å². The van der Waals surface area contributed by atoms with Gasteiger partial charge in [0.2, 0.25) is 0 Å². The molecule has 15 heavy (non-hydrogen) atoms. The van der Waals surface area contributed by atoms with Gasteiger partial charge in [0, 0.05) is 12.1 Å². The first-order valence-electron chi connectivity index (χ1n) is 4.77. The molecular weight excluding hydrogens is 197 g/mol. The van der Waals surface area contributed by atoms with Crippen molar-refractivity contribution >= 4 is 6.08 Å². The van der Waals surface area contributed by atoms with Crippen LogP contribution >= 0.6 is 0 Å². The molecule has 0 saturated carbocycles. The van der Waals surface area contributed by atoms with Crippen molar-refractivity contribution in [3.63, 3.8) is 0 Å². The number of benzene rings is 1. The summed E-state index contributed by atoms with van der Waals surface area (Å²) < 4.78 is 23.9. The van der Waals surface area contributed by atoms with Gasteiger partial charge in [0.05, 0.1) is 0 Å². The average molecular weight is 209 g/mol. The lowest BCUT2D eigenvalue weighted by atomic mass is 10.1. The minimum Gasteiger partial charge on any atom is -0.485 e. The van der Waals surface area contributed by atoms with Crippen molar-refractivity contribution in [2.45, 2.75) is 0 Å². The lowest BCUT2D eigenvalue weighted by Gasteiger charge is -2.20. The fourth-order valence-electron chi connectivity index (χ4n) is 1.45. The van der Waals surface area contributed by atoms with Gasteiger partial charge < -0.3 is 15.2 Å². The topological polar surface area (TPSA) is 44.5 Å². The number of halogens is 1. The number of ether oxygens (including phenoxy) is 2. The SMILES string of the molecule is NC/C=C/c1ccc(F)c2c1OCCO2. The van der Waals surface area contributed by atoms with Crippen molar-refractivity contribution in [3.05, 3.63) is 29.6 Å². The fraction of sp³-hybridized carbons (Fsp3) is 0.273. The highest BCUT2D eigenvalue weighted by atomic mass is 19.1. The largest absolute Gasteiger partial charge is 0.485 e. The molecule has 0 saturated heterocycles. The van der Waals surface area contributed by atoms with E-state index in [-0.39, 0.29) is 5.75 Å². The van der Waals surface area contributed by atoms with Crippen LogP contribution in [0.2, 0.25) is 0 Å². The molecule has 1 aliphatic rings. The third-order valence-electron chi connectivity index (χ3n) is 2.10. The normalized spacial score (nSPS) is 14.5. The van der Waals surface area contributed by atoms with Crippen molar-refractivity contribution in [2.75, 3.05) is 19.8 Å². The Morgan fingerprint density at radius 3 is 2.73 bits per heavy atom. The maximum atomic E-state index is 13.3. The van der Waals surface area contributed by atoms with E-state index >= 15 is 0 Å². The molecule has 4 heteroatoms. The molecule has 1 heterocycles. The van der Waals surface area contributed by atoms with Crippen LogP contribution in [0.25, 0.3) is 6.08 Å². The Labute approximate surface area is 87.3 Å². The summed E-state index contributed by atoms with van der Waals surface area (Å²) in [6.07, 6.45) is 3.58. The molecule has 0 aromatic heterocycles. The van der Waals surface area contributed by atoms with E-state index in [1.165, 1.54) is 6.07 Å². The summed E-state index contributed by atoms with van der Waals surface area (Å²) in [6.45, 7) is 1.26. The molecule has 0 atom stereocenters. The second-order valence-corrected chi connectivity index (χ2v) is 3.13. The molecule has 0 spiro atoms. The minimum absolute atomic E-state index is 0.195. The van der Waals surface area contributed by atoms with Crippen LogP contribution in [0, 0.1) is 5.82 Å². The van der Waals surface area contributed by atoms with Gasteiger partial charge in [-0.25, -0.2) is 4.39 Å². The van der Waals surface area contributed by atoms with Crippen LogP contribution < -0.4 is 15.2 Å². The number of hydrogen-bond donors (Lipinski definition) is 1. The molecule has 0 aliphatic carbocycles. The lowest BCUT2D eigenvalue weighted by molar-refractivity contribution is 0.164. The second kappa shape index (κ2) is 4.31. The van der Waals surface area contributed by atoms with Gasteiger partial charge in [-0.05, 0) is 12.1 Å². The van der Waals surface area contributed by atoms with Crippen molar-refractivity contribution in [1.29, 1.82) is 0 Å². The van der Waals surface area contributed by atoms with Crippen molar-refractivity contribution in [1.82, 2.24) is 0 Å². The maximum absolute atomic E-state index is 13.3. The van der Waals surface area contributed by atoms with Crippen LogP contribution in [-0.4, -0.2) is 19.8 Å². The summed E-state index contributed by atoms with van der Waals surface area (Å²) in [5.41, 5.74) is 6.14. The lowest BCUT2D eigenvalue weighted by Crippen LogP contribution is -2.17. The van der Waals surface area contributed by atoms with Crippen LogP contribution in [-0.2, 0) is 0 Å². The number of hydrogen-bond acceptors (Lipinski definition) is 3. The van der Waals surface area contributed by atoms with Crippen LogP contribution in [0.4, 0.5) is 4.39 Å². The zero-order valence-electron chi connectivity index (χ0n) is 8.20. The average Bonchev–Trinajstić information content (AvgIpc) is 2.29. The molecule has 0 amide bonds. The molecule has 2 rings (SSSR count). The summed E-state index contributed by atoms with van der Waals surface area (Å²) in [4.78, 5) is 0. The summed E-state index contributed by atoms with van der Waals surface area (Å²) in [5.74, 6) is 0.265. The monoisotopic (exact) mass is 209 g/mol. The van der Waals surface area contributed by atoms with E-state index in [0.29, 0.717) is 25.5 Å². The summed E-state index contributed by atoms with van der Waals surface area (Å²) >= 11 is 0. The number of nitrogens with two attached hydrogens (primary N) is 1. The highest BCUT2D eigenvalue weighted by molar-refractivity contribution is 5.63. The highest BCUT2D eigenvalue weighted by Crippen LogP contribution is 2.36. The van der Waals surface area contributed by atoms with E-state index in [1.807, 2.05) is 0 Å². The van der Waals surface area contributed by atoms with Gasteiger partial charge in [-0.2, -0.15) is 0 Å². The molecule has 0 unspecified atom stereocenters. The molecule has 2 N–H and O–H groups in total. The van der Waals surface area contributed by atoms with E-state index in [0.717, 1.165) is 5.56 Å². The maximum Gasteiger partial charge on any atom is 0.197 e. The van der Waals surface area contributed by atoms with Gasteiger partial charge in [0.15, 0.2) is 17.3 Å². The summed E-state index contributed by atoms with van der Waals surface area (Å²) in [5, 5.41) is 0. The molecular formula is C11H12FNO2. The second-order valence-electron chi connectivity index (χ2n) is 3.13.